The second kappa shape index (κ2) is 30.4. The molecule has 0 unspecified atom stereocenters. The van der Waals surface area contributed by atoms with Crippen LogP contribution in [0, 0.1) is 0 Å². The van der Waals surface area contributed by atoms with Crippen molar-refractivity contribution in [3.63, 3.8) is 0 Å². The van der Waals surface area contributed by atoms with E-state index in [1.807, 2.05) is 0 Å². The summed E-state index contributed by atoms with van der Waals surface area (Å²) in [6, 6.07) is 0. The summed E-state index contributed by atoms with van der Waals surface area (Å²) in [6.07, 6.45) is 0. The fourth-order valence-electron chi connectivity index (χ4n) is 0.631. The quantitative estimate of drug-likeness (QED) is 0.302. The van der Waals surface area contributed by atoms with E-state index in [2.05, 4.69) is 10.6 Å². The van der Waals surface area contributed by atoms with Gasteiger partial charge >= 0.3 is 70.6 Å². The number of hydrogen-bond acceptors (Lipinski definition) is 4. The first-order valence-corrected chi connectivity index (χ1v) is 15.5. The van der Waals surface area contributed by atoms with Gasteiger partial charge in [-0.15, -0.1) is 0 Å². The van der Waals surface area contributed by atoms with Crippen molar-refractivity contribution in [3.05, 3.63) is 0 Å². The maximum absolute atomic E-state index is 5.27. The monoisotopic (exact) mass is 676 g/mol. The van der Waals surface area contributed by atoms with Crippen LogP contribution in [0.4, 0.5) is 0 Å². The fraction of sp³-hybridized carbons (Fsp3) is 1.00. The molecule has 0 aromatic carbocycles. The van der Waals surface area contributed by atoms with Crippen molar-refractivity contribution in [2.24, 2.45) is 11.5 Å². The van der Waals surface area contributed by atoms with Crippen LogP contribution in [0.15, 0.2) is 0 Å². The Bertz CT molecular complexity index is 86.9. The molecule has 0 aromatic heterocycles. The molecule has 16 heavy (non-hydrogen) atoms. The van der Waals surface area contributed by atoms with Gasteiger partial charge < -0.3 is 22.1 Å². The Labute approximate surface area is 131 Å². The maximum atomic E-state index is 5.27. The van der Waals surface area contributed by atoms with Crippen LogP contribution in [0.1, 0.15) is 0 Å². The molecule has 0 aliphatic rings. The van der Waals surface area contributed by atoms with E-state index in [1.54, 1.807) is 0 Å². The average Bonchev–Trinajstić information content (AvgIpc) is 2.26. The second-order valence-electron chi connectivity index (χ2n) is 2.17. The zero-order valence-corrected chi connectivity index (χ0v) is 16.1. The Morgan fingerprint density at radius 2 is 0.938 bits per heavy atom. The molecule has 0 rings (SSSR count). The molecule has 0 amide bonds. The minimum atomic E-state index is -0.472. The van der Waals surface area contributed by atoms with Crippen molar-refractivity contribution < 1.29 is 33.0 Å². The summed E-state index contributed by atoms with van der Waals surface area (Å²) in [7, 11) is 19.5. The molecule has 110 valence electrons. The normalized spacial score (nSPS) is 9.12. The molecule has 0 radical (unpaired) electrons. The van der Waals surface area contributed by atoms with Gasteiger partial charge in [0.25, 0.3) is 0 Å². The van der Waals surface area contributed by atoms with Crippen molar-refractivity contribution in [1.82, 2.24) is 10.6 Å². The van der Waals surface area contributed by atoms with Gasteiger partial charge in [0.05, 0.1) is 0 Å². The molecular weight excluding hydrogens is 660 g/mol. The van der Waals surface area contributed by atoms with Crippen LogP contribution in [-0.4, -0.2) is 39.3 Å². The molecule has 0 aliphatic carbocycles. The van der Waals surface area contributed by atoms with E-state index in [1.165, 1.54) is 0 Å². The first-order valence-electron chi connectivity index (χ1n) is 4.21. The van der Waals surface area contributed by atoms with Gasteiger partial charge in [-0.25, -0.2) is 0 Å². The zero-order chi connectivity index (χ0) is 13.1. The van der Waals surface area contributed by atoms with E-state index in [4.69, 9.17) is 49.1 Å². The number of nitrogens with one attached hydrogen (secondary N) is 2. The van der Waals surface area contributed by atoms with Crippen molar-refractivity contribution in [2.45, 2.75) is 0 Å². The third-order valence-corrected chi connectivity index (χ3v) is 1.12. The number of rotatable bonds is 7. The molecule has 0 saturated heterocycles. The Morgan fingerprint density at radius 1 is 0.688 bits per heavy atom. The van der Waals surface area contributed by atoms with Gasteiger partial charge in [-0.3, -0.25) is 0 Å². The van der Waals surface area contributed by atoms with Crippen molar-refractivity contribution >= 4 is 37.7 Å². The molecule has 0 bridgehead atoms. The van der Waals surface area contributed by atoms with E-state index in [-0.39, 0.29) is 0 Å². The van der Waals surface area contributed by atoms with Crippen LogP contribution in [0.3, 0.4) is 0 Å². The van der Waals surface area contributed by atoms with Crippen LogP contribution in [0.5, 0.6) is 0 Å². The minimum absolute atomic E-state index is 0.472. The summed E-state index contributed by atoms with van der Waals surface area (Å²) in [4.78, 5) is 0. The first-order chi connectivity index (χ1) is 7.74. The van der Waals surface area contributed by atoms with Gasteiger partial charge in [0.1, 0.15) is 0 Å². The van der Waals surface area contributed by atoms with Crippen LogP contribution in [0.25, 0.3) is 0 Å². The number of hydrogen-bond donors (Lipinski definition) is 4. The summed E-state index contributed by atoms with van der Waals surface area (Å²) >= 11 is -0.944. The molecule has 0 atom stereocenters. The van der Waals surface area contributed by atoms with E-state index >= 15 is 0 Å². The van der Waals surface area contributed by atoms with E-state index < -0.39 is 33.0 Å². The molecule has 0 aliphatic heterocycles. The third-order valence-electron chi connectivity index (χ3n) is 1.12. The topological polar surface area (TPSA) is 76.1 Å². The summed E-state index contributed by atoms with van der Waals surface area (Å²) in [5.74, 6) is 0. The van der Waals surface area contributed by atoms with Crippen LogP contribution < -0.4 is 22.1 Å². The van der Waals surface area contributed by atoms with Gasteiger partial charge in [0.15, 0.2) is 0 Å². The molecule has 0 heterocycles. The predicted molar refractivity (Wildman–Crippen MR) is 67.3 cm³/mol. The van der Waals surface area contributed by atoms with Crippen LogP contribution in [-0.2, 0) is 33.0 Å². The predicted octanol–water partition coefficient (Wildman–Crippen LogP) is 0.836. The Morgan fingerprint density at radius 3 is 1.12 bits per heavy atom. The summed E-state index contributed by atoms with van der Waals surface area (Å²) in [5, 5.41) is 6.33. The van der Waals surface area contributed by atoms with E-state index in [0.717, 1.165) is 26.2 Å². The molecule has 6 N–H and O–H groups in total. The fourth-order valence-corrected chi connectivity index (χ4v) is 0.631. The third kappa shape index (κ3) is 44.0. The summed E-state index contributed by atoms with van der Waals surface area (Å²) in [6.45, 7) is 5.14. The van der Waals surface area contributed by atoms with Crippen molar-refractivity contribution in [3.8, 4) is 0 Å². The van der Waals surface area contributed by atoms with Crippen LogP contribution in [0.2, 0.25) is 0 Å². The molecule has 4 nitrogen and oxygen atoms in total. The Kier molecular flexibility index (Phi) is 44.6. The van der Waals surface area contributed by atoms with Gasteiger partial charge in [-0.2, -0.15) is 0 Å². The molecular formula is C6H18Cl4N4Pt2. The molecule has 0 aromatic rings. The summed E-state index contributed by atoms with van der Waals surface area (Å²) < 4.78 is 0. The Hall–Kier alpha value is 2.38. The van der Waals surface area contributed by atoms with E-state index in [0.29, 0.717) is 13.1 Å². The standard InChI is InChI=1S/C6H18N4.4ClH.2Pt/c7-1-3-9-5-6-10-4-2-8;;;;;;/h9-10H,1-8H2;4*1H;;/q;;;;;2*+2/p-4. The van der Waals surface area contributed by atoms with Crippen LogP contribution >= 0.6 is 37.7 Å². The SMILES string of the molecule is NCCNCCNCCN.[Cl][Pt][Cl].[Cl][Pt][Cl]. The molecule has 0 spiro atoms. The number of nitrogens with two attached hydrogens (primary N) is 2. The number of halogens is 4. The molecule has 10 heteroatoms. The zero-order valence-electron chi connectivity index (χ0n) is 8.54. The second-order valence-corrected chi connectivity index (χ2v) is 8.73. The Balaban J connectivity index is -0.000000235. The first kappa shape index (κ1) is 23.5. The molecule has 0 fully saturated rings. The van der Waals surface area contributed by atoms with Gasteiger partial charge in [-0.05, 0) is 0 Å². The van der Waals surface area contributed by atoms with Gasteiger partial charge in [0, 0.05) is 39.3 Å². The molecule has 0 saturated carbocycles. The van der Waals surface area contributed by atoms with Gasteiger partial charge in [0.2, 0.25) is 0 Å². The average molecular weight is 678 g/mol. The van der Waals surface area contributed by atoms with E-state index in [9.17, 15) is 0 Å². The van der Waals surface area contributed by atoms with Gasteiger partial charge in [-0.1, -0.05) is 0 Å². The summed E-state index contributed by atoms with van der Waals surface area (Å²) in [5.41, 5.74) is 10.5. The van der Waals surface area contributed by atoms with Crippen molar-refractivity contribution in [2.75, 3.05) is 39.3 Å². The van der Waals surface area contributed by atoms with Crippen molar-refractivity contribution in [1.29, 1.82) is 0 Å².